The normalized spacial score (nSPS) is 12.4. The highest BCUT2D eigenvalue weighted by molar-refractivity contribution is 7.80. The first-order chi connectivity index (χ1) is 8.22. The van der Waals surface area contributed by atoms with Gasteiger partial charge in [-0.3, -0.25) is 0 Å². The average Bonchev–Trinajstić information content (AvgIpc) is 2.34. The van der Waals surface area contributed by atoms with Crippen molar-refractivity contribution in [2.45, 2.75) is 50.8 Å². The van der Waals surface area contributed by atoms with Gasteiger partial charge in [0.2, 0.25) is 0 Å². The fourth-order valence-electron chi connectivity index (χ4n) is 1.78. The van der Waals surface area contributed by atoms with E-state index in [4.69, 9.17) is 4.74 Å². The molecule has 0 amide bonds. The highest BCUT2D eigenvalue weighted by atomic mass is 32.1. The third-order valence-corrected chi connectivity index (χ3v) is 3.22. The van der Waals surface area contributed by atoms with Crippen LogP contribution in [0.25, 0.3) is 0 Å². The molecule has 1 aromatic rings. The Hall–Kier alpha value is -0.630. The molecular formula is C15H24OS. The number of benzene rings is 1. The second-order valence-electron chi connectivity index (χ2n) is 4.76. The third-order valence-electron chi connectivity index (χ3n) is 2.92. The largest absolute Gasteiger partial charge is 0.493 e. The highest BCUT2D eigenvalue weighted by Crippen LogP contribution is 2.17. The van der Waals surface area contributed by atoms with E-state index in [-0.39, 0.29) is 0 Å². The molecule has 1 rings (SSSR count). The van der Waals surface area contributed by atoms with Crippen LogP contribution in [0.5, 0.6) is 5.75 Å². The van der Waals surface area contributed by atoms with Gasteiger partial charge < -0.3 is 4.74 Å². The first kappa shape index (κ1) is 14.4. The molecule has 1 atom stereocenters. The van der Waals surface area contributed by atoms with E-state index in [0.717, 1.165) is 17.3 Å². The van der Waals surface area contributed by atoms with Crippen LogP contribution in [0, 0.1) is 5.92 Å². The fourth-order valence-corrected chi connectivity index (χ4v) is 1.93. The Kier molecular flexibility index (Phi) is 7.18. The zero-order valence-electron chi connectivity index (χ0n) is 11.0. The van der Waals surface area contributed by atoms with Crippen molar-refractivity contribution < 1.29 is 4.74 Å². The Labute approximate surface area is 111 Å². The van der Waals surface area contributed by atoms with Gasteiger partial charge in [-0.1, -0.05) is 39.5 Å². The standard InChI is InChI=1S/C15H24OS/c1-3-4-5-6-7-13(2)12-16-14-8-10-15(17)11-9-14/h8-11,13,17H,3-7,12H2,1-2H3. The summed E-state index contributed by atoms with van der Waals surface area (Å²) in [5.41, 5.74) is 0. The van der Waals surface area contributed by atoms with Gasteiger partial charge in [-0.2, -0.15) is 0 Å². The van der Waals surface area contributed by atoms with Crippen LogP contribution in [0.1, 0.15) is 46.0 Å². The topological polar surface area (TPSA) is 9.23 Å². The van der Waals surface area contributed by atoms with Gasteiger partial charge in [-0.15, -0.1) is 12.6 Å². The minimum Gasteiger partial charge on any atom is -0.493 e. The second kappa shape index (κ2) is 8.46. The van der Waals surface area contributed by atoms with Crippen LogP contribution in [0.4, 0.5) is 0 Å². The molecule has 1 nitrogen and oxygen atoms in total. The summed E-state index contributed by atoms with van der Waals surface area (Å²) in [4.78, 5) is 0.977. The fraction of sp³-hybridized carbons (Fsp3) is 0.600. The maximum atomic E-state index is 5.75. The quantitative estimate of drug-likeness (QED) is 0.508. The van der Waals surface area contributed by atoms with Gasteiger partial charge in [0.1, 0.15) is 5.75 Å². The Morgan fingerprint density at radius 2 is 1.82 bits per heavy atom. The number of unbranched alkanes of at least 4 members (excludes halogenated alkanes) is 3. The summed E-state index contributed by atoms with van der Waals surface area (Å²) in [6.45, 7) is 5.33. The minimum atomic E-state index is 0.641. The van der Waals surface area contributed by atoms with Gasteiger partial charge in [-0.05, 0) is 36.6 Å². The molecule has 0 heterocycles. The van der Waals surface area contributed by atoms with E-state index < -0.39 is 0 Å². The van der Waals surface area contributed by atoms with Crippen molar-refractivity contribution in [3.05, 3.63) is 24.3 Å². The van der Waals surface area contributed by atoms with Gasteiger partial charge in [0.15, 0.2) is 0 Å². The highest BCUT2D eigenvalue weighted by Gasteiger charge is 2.03. The summed E-state index contributed by atoms with van der Waals surface area (Å²) in [5, 5.41) is 0. The number of ether oxygens (including phenoxy) is 1. The van der Waals surface area contributed by atoms with Crippen LogP contribution in [-0.4, -0.2) is 6.61 Å². The van der Waals surface area contributed by atoms with Crippen LogP contribution in [0.15, 0.2) is 29.2 Å². The third kappa shape index (κ3) is 6.62. The molecule has 0 radical (unpaired) electrons. The van der Waals surface area contributed by atoms with Crippen LogP contribution in [0.3, 0.4) is 0 Å². The lowest BCUT2D eigenvalue weighted by molar-refractivity contribution is 0.249. The zero-order valence-corrected chi connectivity index (χ0v) is 11.9. The minimum absolute atomic E-state index is 0.641. The summed E-state index contributed by atoms with van der Waals surface area (Å²) >= 11 is 4.25. The summed E-state index contributed by atoms with van der Waals surface area (Å²) in [7, 11) is 0. The molecule has 2 heteroatoms. The molecule has 96 valence electrons. The summed E-state index contributed by atoms with van der Waals surface area (Å²) < 4.78 is 5.75. The van der Waals surface area contributed by atoms with Crippen molar-refractivity contribution >= 4 is 12.6 Å². The average molecular weight is 252 g/mol. The van der Waals surface area contributed by atoms with Gasteiger partial charge in [0.05, 0.1) is 6.61 Å². The Morgan fingerprint density at radius 3 is 2.47 bits per heavy atom. The van der Waals surface area contributed by atoms with Gasteiger partial charge in [0, 0.05) is 4.90 Å². The van der Waals surface area contributed by atoms with Crippen LogP contribution in [0.2, 0.25) is 0 Å². The van der Waals surface area contributed by atoms with E-state index in [9.17, 15) is 0 Å². The summed E-state index contributed by atoms with van der Waals surface area (Å²) in [6.07, 6.45) is 6.62. The summed E-state index contributed by atoms with van der Waals surface area (Å²) in [5.74, 6) is 1.59. The van der Waals surface area contributed by atoms with Crippen LogP contribution in [-0.2, 0) is 0 Å². The molecule has 1 aromatic carbocycles. The Balaban J connectivity index is 2.14. The molecule has 0 N–H and O–H groups in total. The monoisotopic (exact) mass is 252 g/mol. The first-order valence-corrected chi connectivity index (χ1v) is 7.09. The van der Waals surface area contributed by atoms with Gasteiger partial charge in [-0.25, -0.2) is 0 Å². The van der Waals surface area contributed by atoms with Gasteiger partial charge in [0.25, 0.3) is 0 Å². The van der Waals surface area contributed by atoms with E-state index in [1.54, 1.807) is 0 Å². The SMILES string of the molecule is CCCCCCC(C)COc1ccc(S)cc1. The van der Waals surface area contributed by atoms with Crippen molar-refractivity contribution in [3.8, 4) is 5.75 Å². The molecule has 0 saturated heterocycles. The van der Waals surface area contributed by atoms with Crippen molar-refractivity contribution in [1.29, 1.82) is 0 Å². The first-order valence-electron chi connectivity index (χ1n) is 6.64. The van der Waals surface area contributed by atoms with E-state index in [2.05, 4.69) is 26.5 Å². The molecule has 0 spiro atoms. The molecule has 0 aromatic heterocycles. The number of thiol groups is 1. The molecule has 0 aliphatic rings. The van der Waals surface area contributed by atoms with Gasteiger partial charge >= 0.3 is 0 Å². The Morgan fingerprint density at radius 1 is 1.12 bits per heavy atom. The maximum Gasteiger partial charge on any atom is 0.119 e. The molecule has 1 unspecified atom stereocenters. The van der Waals surface area contributed by atoms with E-state index in [1.807, 2.05) is 24.3 Å². The van der Waals surface area contributed by atoms with Crippen molar-refractivity contribution in [2.24, 2.45) is 5.92 Å². The molecule has 0 aliphatic heterocycles. The lowest BCUT2D eigenvalue weighted by Gasteiger charge is -2.13. The predicted molar refractivity (Wildman–Crippen MR) is 77.1 cm³/mol. The van der Waals surface area contributed by atoms with E-state index >= 15 is 0 Å². The van der Waals surface area contributed by atoms with Crippen LogP contribution < -0.4 is 4.74 Å². The lowest BCUT2D eigenvalue weighted by atomic mass is 10.0. The maximum absolute atomic E-state index is 5.75. The summed E-state index contributed by atoms with van der Waals surface area (Å²) in [6, 6.07) is 7.88. The molecule has 17 heavy (non-hydrogen) atoms. The predicted octanol–water partition coefficient (Wildman–Crippen LogP) is 4.96. The smallest absolute Gasteiger partial charge is 0.119 e. The molecule has 0 saturated carbocycles. The lowest BCUT2D eigenvalue weighted by Crippen LogP contribution is -2.08. The number of hydrogen-bond donors (Lipinski definition) is 1. The number of hydrogen-bond acceptors (Lipinski definition) is 2. The van der Waals surface area contributed by atoms with Crippen molar-refractivity contribution in [1.82, 2.24) is 0 Å². The second-order valence-corrected chi connectivity index (χ2v) is 5.28. The van der Waals surface area contributed by atoms with Crippen molar-refractivity contribution in [2.75, 3.05) is 6.61 Å². The van der Waals surface area contributed by atoms with E-state index in [1.165, 1.54) is 32.1 Å². The van der Waals surface area contributed by atoms with E-state index in [0.29, 0.717) is 5.92 Å². The molecule has 0 bridgehead atoms. The zero-order chi connectivity index (χ0) is 12.5. The van der Waals surface area contributed by atoms with Crippen LogP contribution >= 0.6 is 12.6 Å². The molecule has 0 fully saturated rings. The van der Waals surface area contributed by atoms with Crippen molar-refractivity contribution in [3.63, 3.8) is 0 Å². The molecule has 0 aliphatic carbocycles. The Bertz CT molecular complexity index is 294. The molecular weight excluding hydrogens is 228 g/mol. The number of rotatable bonds is 8.